The summed E-state index contributed by atoms with van der Waals surface area (Å²) in [5.74, 6) is 0.657. The van der Waals surface area contributed by atoms with Gasteiger partial charge in [0.15, 0.2) is 11.5 Å². The Bertz CT molecular complexity index is 888. The fraction of sp³-hybridized carbons (Fsp3) is 0.0769. The Morgan fingerprint density at radius 1 is 1.21 bits per heavy atom. The average Bonchev–Trinajstić information content (AvgIpc) is 3.04. The van der Waals surface area contributed by atoms with E-state index in [4.69, 9.17) is 0 Å². The first-order valence-corrected chi connectivity index (χ1v) is 5.93. The second kappa shape index (κ2) is 3.61. The molecule has 0 radical (unpaired) electrons. The summed E-state index contributed by atoms with van der Waals surface area (Å²) >= 11 is 0. The van der Waals surface area contributed by atoms with Crippen LogP contribution < -0.4 is 0 Å². The fourth-order valence-electron chi connectivity index (χ4n) is 2.17. The Morgan fingerprint density at radius 3 is 2.95 bits per heavy atom. The second-order valence-corrected chi connectivity index (χ2v) is 4.37. The third kappa shape index (κ3) is 1.43. The molecule has 19 heavy (non-hydrogen) atoms. The maximum atomic E-state index is 4.60. The molecule has 0 aliphatic rings. The summed E-state index contributed by atoms with van der Waals surface area (Å²) in [6.07, 6.45) is 3.42. The lowest BCUT2D eigenvalue weighted by Gasteiger charge is -1.96. The summed E-state index contributed by atoms with van der Waals surface area (Å²) in [5, 5.41) is 12.3. The molecular weight excluding hydrogens is 240 g/mol. The number of nitrogens with zero attached hydrogens (tertiary/aromatic N) is 5. The Kier molecular flexibility index (Phi) is 1.94. The molecule has 0 unspecified atom stereocenters. The third-order valence-electron chi connectivity index (χ3n) is 3.15. The summed E-state index contributed by atoms with van der Waals surface area (Å²) in [4.78, 5) is 8.96. The van der Waals surface area contributed by atoms with Crippen LogP contribution in [0.25, 0.3) is 27.9 Å². The van der Waals surface area contributed by atoms with Crippen LogP contribution >= 0.6 is 0 Å². The molecule has 0 aliphatic heterocycles. The quantitative estimate of drug-likeness (QED) is 0.560. The van der Waals surface area contributed by atoms with Crippen molar-refractivity contribution in [3.8, 4) is 11.4 Å². The van der Waals surface area contributed by atoms with Gasteiger partial charge in [-0.25, -0.2) is 14.5 Å². The molecule has 1 aromatic carbocycles. The zero-order valence-electron chi connectivity index (χ0n) is 10.2. The van der Waals surface area contributed by atoms with E-state index in [2.05, 4.69) is 25.3 Å². The SMILES string of the molecule is Cc1[nH]ncc1-c1nc2c3ccccc3ncn2n1. The first-order valence-electron chi connectivity index (χ1n) is 5.93. The van der Waals surface area contributed by atoms with Crippen LogP contribution in [0, 0.1) is 6.92 Å². The van der Waals surface area contributed by atoms with Gasteiger partial charge in [-0.3, -0.25) is 5.10 Å². The van der Waals surface area contributed by atoms with E-state index >= 15 is 0 Å². The number of benzene rings is 1. The number of hydrogen-bond acceptors (Lipinski definition) is 4. The van der Waals surface area contributed by atoms with Gasteiger partial charge in [-0.15, -0.1) is 5.10 Å². The van der Waals surface area contributed by atoms with Crippen LogP contribution in [0.5, 0.6) is 0 Å². The Labute approximate surface area is 108 Å². The van der Waals surface area contributed by atoms with Gasteiger partial charge in [0, 0.05) is 11.1 Å². The average molecular weight is 250 g/mol. The molecule has 0 bridgehead atoms. The van der Waals surface area contributed by atoms with E-state index in [0.717, 1.165) is 27.8 Å². The zero-order valence-corrected chi connectivity index (χ0v) is 10.2. The predicted molar refractivity (Wildman–Crippen MR) is 70.6 cm³/mol. The van der Waals surface area contributed by atoms with Crippen molar-refractivity contribution in [2.45, 2.75) is 6.92 Å². The van der Waals surface area contributed by atoms with Gasteiger partial charge in [-0.2, -0.15) is 5.10 Å². The summed E-state index contributed by atoms with van der Waals surface area (Å²) in [7, 11) is 0. The molecule has 4 aromatic rings. The third-order valence-corrected chi connectivity index (χ3v) is 3.15. The normalized spacial score (nSPS) is 11.4. The number of para-hydroxylation sites is 1. The molecule has 3 heterocycles. The van der Waals surface area contributed by atoms with E-state index in [9.17, 15) is 0 Å². The largest absolute Gasteiger partial charge is 0.282 e. The van der Waals surface area contributed by atoms with Gasteiger partial charge in [-0.1, -0.05) is 12.1 Å². The Balaban J connectivity index is 2.06. The highest BCUT2D eigenvalue weighted by Crippen LogP contribution is 2.21. The highest BCUT2D eigenvalue weighted by atomic mass is 15.3. The molecule has 4 rings (SSSR count). The molecule has 0 spiro atoms. The monoisotopic (exact) mass is 250 g/mol. The van der Waals surface area contributed by atoms with Gasteiger partial charge >= 0.3 is 0 Å². The molecule has 0 saturated heterocycles. The Morgan fingerprint density at radius 2 is 2.11 bits per heavy atom. The van der Waals surface area contributed by atoms with E-state index in [1.54, 1.807) is 17.0 Å². The van der Waals surface area contributed by atoms with Gasteiger partial charge in [-0.05, 0) is 19.1 Å². The van der Waals surface area contributed by atoms with E-state index < -0.39 is 0 Å². The molecule has 0 saturated carbocycles. The maximum absolute atomic E-state index is 4.60. The highest BCUT2D eigenvalue weighted by molar-refractivity contribution is 5.91. The zero-order chi connectivity index (χ0) is 12.8. The van der Waals surface area contributed by atoms with Crippen molar-refractivity contribution in [3.63, 3.8) is 0 Å². The molecule has 3 aromatic heterocycles. The van der Waals surface area contributed by atoms with Crippen molar-refractivity contribution in [2.75, 3.05) is 0 Å². The molecule has 0 amide bonds. The summed E-state index contributed by atoms with van der Waals surface area (Å²) in [5.41, 5.74) is 3.58. The molecule has 0 atom stereocenters. The molecular formula is C13H10N6. The number of aromatic amines is 1. The number of aryl methyl sites for hydroxylation is 1. The number of H-pyrrole nitrogens is 1. The fourth-order valence-corrected chi connectivity index (χ4v) is 2.17. The van der Waals surface area contributed by atoms with Crippen molar-refractivity contribution in [1.82, 2.24) is 29.8 Å². The minimum absolute atomic E-state index is 0.657. The standard InChI is InChI=1S/C13H10N6/c1-8-10(6-15-17-8)12-16-13-9-4-2-3-5-11(9)14-7-19(13)18-12/h2-7H,1H3,(H,15,17). The van der Waals surface area contributed by atoms with Gasteiger partial charge in [0.2, 0.25) is 0 Å². The Hall–Kier alpha value is -2.76. The van der Waals surface area contributed by atoms with Crippen LogP contribution in [0.15, 0.2) is 36.8 Å². The first-order chi connectivity index (χ1) is 9.33. The summed E-state index contributed by atoms with van der Waals surface area (Å²) in [6, 6.07) is 7.90. The minimum atomic E-state index is 0.657. The van der Waals surface area contributed by atoms with Crippen molar-refractivity contribution in [2.24, 2.45) is 0 Å². The number of aromatic nitrogens is 6. The van der Waals surface area contributed by atoms with E-state index in [1.165, 1.54) is 0 Å². The van der Waals surface area contributed by atoms with Gasteiger partial charge in [0.1, 0.15) is 6.33 Å². The van der Waals surface area contributed by atoms with E-state index in [-0.39, 0.29) is 0 Å². The highest BCUT2D eigenvalue weighted by Gasteiger charge is 2.12. The molecule has 92 valence electrons. The van der Waals surface area contributed by atoms with Gasteiger partial charge in [0.05, 0.1) is 17.3 Å². The first kappa shape index (κ1) is 10.2. The van der Waals surface area contributed by atoms with Crippen LogP contribution in [-0.2, 0) is 0 Å². The maximum Gasteiger partial charge on any atom is 0.185 e. The summed E-state index contributed by atoms with van der Waals surface area (Å²) < 4.78 is 1.70. The van der Waals surface area contributed by atoms with E-state index in [0.29, 0.717) is 5.82 Å². The van der Waals surface area contributed by atoms with Crippen LogP contribution in [-0.4, -0.2) is 29.8 Å². The lowest BCUT2D eigenvalue weighted by Crippen LogP contribution is -1.90. The summed E-state index contributed by atoms with van der Waals surface area (Å²) in [6.45, 7) is 1.95. The van der Waals surface area contributed by atoms with Gasteiger partial charge < -0.3 is 0 Å². The van der Waals surface area contributed by atoms with Crippen LogP contribution in [0.2, 0.25) is 0 Å². The van der Waals surface area contributed by atoms with Gasteiger partial charge in [0.25, 0.3) is 0 Å². The second-order valence-electron chi connectivity index (χ2n) is 4.37. The molecule has 0 aliphatic carbocycles. The van der Waals surface area contributed by atoms with Crippen molar-refractivity contribution in [3.05, 3.63) is 42.5 Å². The molecule has 1 N–H and O–H groups in total. The van der Waals surface area contributed by atoms with Crippen LogP contribution in [0.1, 0.15) is 5.69 Å². The van der Waals surface area contributed by atoms with Crippen molar-refractivity contribution >= 4 is 16.6 Å². The molecule has 0 fully saturated rings. The topological polar surface area (TPSA) is 71.8 Å². The van der Waals surface area contributed by atoms with Crippen LogP contribution in [0.3, 0.4) is 0 Å². The van der Waals surface area contributed by atoms with Crippen LogP contribution in [0.4, 0.5) is 0 Å². The smallest absolute Gasteiger partial charge is 0.185 e. The number of hydrogen-bond donors (Lipinski definition) is 1. The van der Waals surface area contributed by atoms with E-state index in [1.807, 2.05) is 31.2 Å². The molecule has 6 heteroatoms. The number of nitrogens with one attached hydrogen (secondary N) is 1. The number of fused-ring (bicyclic) bond motifs is 3. The van der Waals surface area contributed by atoms with Crippen molar-refractivity contribution in [1.29, 1.82) is 0 Å². The predicted octanol–water partition coefficient (Wildman–Crippen LogP) is 1.98. The lowest BCUT2D eigenvalue weighted by atomic mass is 10.2. The minimum Gasteiger partial charge on any atom is -0.282 e. The molecule has 6 nitrogen and oxygen atoms in total. The number of rotatable bonds is 1. The lowest BCUT2D eigenvalue weighted by molar-refractivity contribution is 0.937. The van der Waals surface area contributed by atoms with Crippen molar-refractivity contribution < 1.29 is 0 Å².